The van der Waals surface area contributed by atoms with Gasteiger partial charge in [-0.05, 0) is 54.9 Å². The number of hydrogen-bond acceptors (Lipinski definition) is 1. The Morgan fingerprint density at radius 1 is 0.895 bits per heavy atom. The van der Waals surface area contributed by atoms with Crippen LogP contribution in [0, 0.1) is 0 Å². The summed E-state index contributed by atoms with van der Waals surface area (Å²) in [5.41, 5.74) is 5.91. The summed E-state index contributed by atoms with van der Waals surface area (Å²) in [6.07, 6.45) is 6.12. The fourth-order valence-electron chi connectivity index (χ4n) is 2.95. The van der Waals surface area contributed by atoms with Gasteiger partial charge in [0.15, 0.2) is 0 Å². The quantitative estimate of drug-likeness (QED) is 0.858. The first-order valence-corrected chi connectivity index (χ1v) is 7.32. The van der Waals surface area contributed by atoms with Crippen LogP contribution in [-0.2, 0) is 19.3 Å². The average Bonchev–Trinajstić information content (AvgIpc) is 2.49. The first-order chi connectivity index (χ1) is 9.43. The molecule has 0 radical (unpaired) electrons. The van der Waals surface area contributed by atoms with Gasteiger partial charge in [-0.3, -0.25) is 0 Å². The van der Waals surface area contributed by atoms with Gasteiger partial charge in [0.1, 0.15) is 0 Å². The lowest BCUT2D eigenvalue weighted by Crippen LogP contribution is -2.13. The summed E-state index contributed by atoms with van der Waals surface area (Å²) in [6.45, 7) is 1.13. The number of aryl methyl sites for hydroxylation is 2. The van der Waals surface area contributed by atoms with Crippen molar-refractivity contribution >= 4 is 5.69 Å². The van der Waals surface area contributed by atoms with Crippen molar-refractivity contribution in [1.82, 2.24) is 0 Å². The van der Waals surface area contributed by atoms with Crippen LogP contribution in [0.5, 0.6) is 0 Å². The van der Waals surface area contributed by atoms with E-state index in [0.29, 0.717) is 0 Å². The van der Waals surface area contributed by atoms with Crippen LogP contribution < -0.4 is 5.32 Å². The molecule has 1 N–H and O–H groups in total. The third-order valence-electron chi connectivity index (χ3n) is 3.95. The first kappa shape index (κ1) is 12.3. The van der Waals surface area contributed by atoms with Gasteiger partial charge in [0, 0.05) is 12.2 Å². The van der Waals surface area contributed by atoms with Gasteiger partial charge in [0.05, 0.1) is 0 Å². The maximum Gasteiger partial charge on any atom is 0.0375 e. The van der Waals surface area contributed by atoms with Crippen LogP contribution in [0.1, 0.15) is 29.5 Å². The second-order valence-corrected chi connectivity index (χ2v) is 5.31. The maximum absolute atomic E-state index is 3.51. The van der Waals surface area contributed by atoms with Crippen LogP contribution in [0.2, 0.25) is 0 Å². The molecular weight excluding hydrogens is 230 g/mol. The molecule has 0 spiro atoms. The number of hydrogen-bond donors (Lipinski definition) is 1. The van der Waals surface area contributed by atoms with Gasteiger partial charge in [0.2, 0.25) is 0 Å². The Morgan fingerprint density at radius 3 is 2.68 bits per heavy atom. The van der Waals surface area contributed by atoms with E-state index < -0.39 is 0 Å². The van der Waals surface area contributed by atoms with Gasteiger partial charge in [-0.25, -0.2) is 0 Å². The standard InChI is InChI=1S/C18H21N/c1-2-7-15(8-3-1)9-4-10-16-11-5-13-18-17(16)12-6-14-19-18/h1-3,5,7-8,11,13,19H,4,6,9-10,12,14H2. The second-order valence-electron chi connectivity index (χ2n) is 5.31. The molecule has 2 aromatic carbocycles. The molecule has 1 nitrogen and oxygen atoms in total. The fraction of sp³-hybridized carbons (Fsp3) is 0.333. The van der Waals surface area contributed by atoms with E-state index in [2.05, 4.69) is 53.8 Å². The number of benzene rings is 2. The van der Waals surface area contributed by atoms with E-state index in [4.69, 9.17) is 0 Å². The van der Waals surface area contributed by atoms with Crippen LogP contribution in [0.4, 0.5) is 5.69 Å². The van der Waals surface area contributed by atoms with Crippen LogP contribution in [0.15, 0.2) is 48.5 Å². The lowest BCUT2D eigenvalue weighted by Gasteiger charge is -2.21. The largest absolute Gasteiger partial charge is 0.385 e. The summed E-state index contributed by atoms with van der Waals surface area (Å²) in [6, 6.07) is 17.5. The number of fused-ring (bicyclic) bond motifs is 1. The van der Waals surface area contributed by atoms with Gasteiger partial charge in [0.25, 0.3) is 0 Å². The Balaban J connectivity index is 1.64. The van der Waals surface area contributed by atoms with Gasteiger partial charge < -0.3 is 5.32 Å². The van der Waals surface area contributed by atoms with Crippen molar-refractivity contribution in [2.75, 3.05) is 11.9 Å². The molecule has 98 valence electrons. The summed E-state index contributed by atoms with van der Waals surface area (Å²) in [4.78, 5) is 0. The Morgan fingerprint density at radius 2 is 1.79 bits per heavy atom. The monoisotopic (exact) mass is 251 g/mol. The van der Waals surface area contributed by atoms with Crippen LogP contribution in [0.3, 0.4) is 0 Å². The zero-order valence-corrected chi connectivity index (χ0v) is 11.4. The highest BCUT2D eigenvalue weighted by atomic mass is 14.9. The van der Waals surface area contributed by atoms with Crippen molar-refractivity contribution in [2.45, 2.75) is 32.1 Å². The minimum absolute atomic E-state index is 1.13. The van der Waals surface area contributed by atoms with E-state index in [1.54, 1.807) is 11.1 Å². The van der Waals surface area contributed by atoms with Crippen LogP contribution in [-0.4, -0.2) is 6.54 Å². The molecule has 0 bridgehead atoms. The van der Waals surface area contributed by atoms with E-state index in [1.165, 1.54) is 43.4 Å². The summed E-state index contributed by atoms with van der Waals surface area (Å²) < 4.78 is 0. The van der Waals surface area contributed by atoms with Gasteiger partial charge in [-0.2, -0.15) is 0 Å². The second kappa shape index (κ2) is 5.92. The third kappa shape index (κ3) is 2.98. The molecular formula is C18H21N. The van der Waals surface area contributed by atoms with E-state index in [1.807, 2.05) is 0 Å². The van der Waals surface area contributed by atoms with Crippen LogP contribution >= 0.6 is 0 Å². The van der Waals surface area contributed by atoms with E-state index in [-0.39, 0.29) is 0 Å². The van der Waals surface area contributed by atoms with Gasteiger partial charge in [-0.1, -0.05) is 42.5 Å². The summed E-state index contributed by atoms with van der Waals surface area (Å²) in [5, 5.41) is 3.51. The predicted molar refractivity (Wildman–Crippen MR) is 81.7 cm³/mol. The molecule has 0 aliphatic carbocycles. The molecule has 19 heavy (non-hydrogen) atoms. The molecule has 1 heterocycles. The van der Waals surface area contributed by atoms with Crippen molar-refractivity contribution in [1.29, 1.82) is 0 Å². The molecule has 3 rings (SSSR count). The van der Waals surface area contributed by atoms with Crippen molar-refractivity contribution in [3.63, 3.8) is 0 Å². The van der Waals surface area contributed by atoms with Crippen molar-refractivity contribution in [3.05, 3.63) is 65.2 Å². The highest BCUT2D eigenvalue weighted by Crippen LogP contribution is 2.26. The molecule has 0 aromatic heterocycles. The minimum atomic E-state index is 1.13. The van der Waals surface area contributed by atoms with Gasteiger partial charge >= 0.3 is 0 Å². The van der Waals surface area contributed by atoms with Crippen molar-refractivity contribution in [3.8, 4) is 0 Å². The Kier molecular flexibility index (Phi) is 3.83. The summed E-state index contributed by atoms with van der Waals surface area (Å²) in [5.74, 6) is 0. The highest BCUT2D eigenvalue weighted by molar-refractivity contribution is 5.56. The first-order valence-electron chi connectivity index (χ1n) is 7.32. The van der Waals surface area contributed by atoms with E-state index in [9.17, 15) is 0 Å². The lowest BCUT2D eigenvalue weighted by molar-refractivity contribution is 0.778. The minimum Gasteiger partial charge on any atom is -0.385 e. The molecule has 2 aromatic rings. The Bertz CT molecular complexity index is 531. The summed E-state index contributed by atoms with van der Waals surface area (Å²) >= 11 is 0. The van der Waals surface area contributed by atoms with Crippen LogP contribution in [0.25, 0.3) is 0 Å². The Hall–Kier alpha value is -1.76. The molecule has 1 heteroatoms. The molecule has 0 unspecified atom stereocenters. The van der Waals surface area contributed by atoms with Gasteiger partial charge in [-0.15, -0.1) is 0 Å². The highest BCUT2D eigenvalue weighted by Gasteiger charge is 2.11. The zero-order chi connectivity index (χ0) is 12.9. The molecule has 0 saturated heterocycles. The normalized spacial score (nSPS) is 13.7. The van der Waals surface area contributed by atoms with E-state index >= 15 is 0 Å². The zero-order valence-electron chi connectivity index (χ0n) is 11.4. The van der Waals surface area contributed by atoms with E-state index in [0.717, 1.165) is 6.54 Å². The third-order valence-corrected chi connectivity index (χ3v) is 3.95. The molecule has 1 aliphatic rings. The maximum atomic E-state index is 3.51. The molecule has 0 amide bonds. The lowest BCUT2D eigenvalue weighted by atomic mass is 9.94. The molecule has 0 atom stereocenters. The van der Waals surface area contributed by atoms with Crippen molar-refractivity contribution in [2.24, 2.45) is 0 Å². The molecule has 0 saturated carbocycles. The van der Waals surface area contributed by atoms with Crippen molar-refractivity contribution < 1.29 is 0 Å². The average molecular weight is 251 g/mol. The molecule has 0 fully saturated rings. The molecule has 1 aliphatic heterocycles. The predicted octanol–water partition coefficient (Wildman–Crippen LogP) is 4.22. The number of nitrogens with one attached hydrogen (secondary N) is 1. The fourth-order valence-corrected chi connectivity index (χ4v) is 2.95. The SMILES string of the molecule is c1ccc(CCCc2cccc3c2CCCN3)cc1. The Labute approximate surface area is 115 Å². The number of anilines is 1. The topological polar surface area (TPSA) is 12.0 Å². The summed E-state index contributed by atoms with van der Waals surface area (Å²) in [7, 11) is 0. The number of rotatable bonds is 4. The smallest absolute Gasteiger partial charge is 0.0375 e.